The van der Waals surface area contributed by atoms with Gasteiger partial charge in [-0.05, 0) is 42.0 Å². The summed E-state index contributed by atoms with van der Waals surface area (Å²) in [6.45, 7) is 0.0368. The van der Waals surface area contributed by atoms with E-state index in [4.69, 9.17) is 4.74 Å². The van der Waals surface area contributed by atoms with Gasteiger partial charge in [-0.15, -0.1) is 0 Å². The van der Waals surface area contributed by atoms with Crippen LogP contribution in [0.15, 0.2) is 48.5 Å². The molecule has 2 N–H and O–H groups in total. The minimum Gasteiger partial charge on any atom is -0.508 e. The van der Waals surface area contributed by atoms with Gasteiger partial charge in [-0.2, -0.15) is 0 Å². The van der Waals surface area contributed by atoms with E-state index in [1.165, 1.54) is 36.4 Å². The summed E-state index contributed by atoms with van der Waals surface area (Å²) in [6, 6.07) is 11.9. The second kappa shape index (κ2) is 5.51. The first-order valence-corrected chi connectivity index (χ1v) is 5.50. The van der Waals surface area contributed by atoms with E-state index in [2.05, 4.69) is 0 Å². The molecule has 3 nitrogen and oxygen atoms in total. The lowest BCUT2D eigenvalue weighted by atomic mass is 10.1. The van der Waals surface area contributed by atoms with Gasteiger partial charge < -0.3 is 14.9 Å². The number of aliphatic hydroxyl groups is 1. The van der Waals surface area contributed by atoms with E-state index in [9.17, 15) is 14.6 Å². The largest absolute Gasteiger partial charge is 0.508 e. The number of aliphatic hydroxyl groups excluding tert-OH is 1. The van der Waals surface area contributed by atoms with Crippen molar-refractivity contribution in [1.82, 2.24) is 0 Å². The van der Waals surface area contributed by atoms with Gasteiger partial charge in [0.15, 0.2) is 0 Å². The van der Waals surface area contributed by atoms with Crippen LogP contribution < -0.4 is 4.74 Å². The lowest BCUT2D eigenvalue weighted by Crippen LogP contribution is -2.09. The van der Waals surface area contributed by atoms with Gasteiger partial charge in [-0.25, -0.2) is 4.39 Å². The molecule has 2 aromatic rings. The Labute approximate surface area is 104 Å². The van der Waals surface area contributed by atoms with Crippen molar-refractivity contribution < 1.29 is 19.3 Å². The van der Waals surface area contributed by atoms with Gasteiger partial charge in [0.05, 0.1) is 0 Å². The van der Waals surface area contributed by atoms with Crippen molar-refractivity contribution in [3.05, 3.63) is 59.9 Å². The third kappa shape index (κ3) is 3.21. The molecular formula is C14H13FO3. The second-order valence-corrected chi connectivity index (χ2v) is 3.88. The van der Waals surface area contributed by atoms with Crippen LogP contribution in [0.1, 0.15) is 11.7 Å². The average molecular weight is 248 g/mol. The number of halogens is 1. The fourth-order valence-electron chi connectivity index (χ4n) is 1.53. The SMILES string of the molecule is Oc1cccc(C(O)COc2ccc(F)cc2)c1. The van der Waals surface area contributed by atoms with Gasteiger partial charge in [-0.1, -0.05) is 12.1 Å². The topological polar surface area (TPSA) is 49.7 Å². The lowest BCUT2D eigenvalue weighted by molar-refractivity contribution is 0.108. The lowest BCUT2D eigenvalue weighted by Gasteiger charge is -2.12. The molecule has 18 heavy (non-hydrogen) atoms. The maximum atomic E-state index is 12.7. The molecule has 0 radical (unpaired) electrons. The Morgan fingerprint density at radius 2 is 1.83 bits per heavy atom. The van der Waals surface area contributed by atoms with Crippen LogP contribution in [0, 0.1) is 5.82 Å². The molecule has 0 heterocycles. The zero-order valence-electron chi connectivity index (χ0n) is 9.58. The van der Waals surface area contributed by atoms with Crippen molar-refractivity contribution in [1.29, 1.82) is 0 Å². The molecule has 1 atom stereocenters. The molecule has 0 aliphatic rings. The minimum absolute atomic E-state index is 0.0368. The van der Waals surface area contributed by atoms with Crippen molar-refractivity contribution >= 4 is 0 Å². The number of phenolic OH excluding ortho intramolecular Hbond substituents is 1. The average Bonchev–Trinajstić information content (AvgIpc) is 2.38. The first-order valence-electron chi connectivity index (χ1n) is 5.50. The van der Waals surface area contributed by atoms with E-state index in [0.717, 1.165) is 0 Å². The Balaban J connectivity index is 1.96. The molecule has 1 unspecified atom stereocenters. The number of phenols is 1. The zero-order chi connectivity index (χ0) is 13.0. The maximum absolute atomic E-state index is 12.7. The molecule has 0 fully saturated rings. The fourth-order valence-corrected chi connectivity index (χ4v) is 1.53. The molecule has 0 spiro atoms. The number of hydrogen-bond acceptors (Lipinski definition) is 3. The Kier molecular flexibility index (Phi) is 3.79. The van der Waals surface area contributed by atoms with Gasteiger partial charge in [0.2, 0.25) is 0 Å². The highest BCUT2D eigenvalue weighted by atomic mass is 19.1. The molecule has 2 aromatic carbocycles. The monoisotopic (exact) mass is 248 g/mol. The summed E-state index contributed by atoms with van der Waals surface area (Å²) in [5.74, 6) is 0.236. The van der Waals surface area contributed by atoms with Crippen molar-refractivity contribution in [2.45, 2.75) is 6.10 Å². The van der Waals surface area contributed by atoms with Crippen molar-refractivity contribution in [2.24, 2.45) is 0 Å². The molecule has 0 aliphatic carbocycles. The Morgan fingerprint density at radius 1 is 1.11 bits per heavy atom. The number of ether oxygens (including phenoxy) is 1. The van der Waals surface area contributed by atoms with Crippen LogP contribution >= 0.6 is 0 Å². The molecule has 0 aliphatic heterocycles. The molecule has 0 saturated heterocycles. The molecule has 0 bridgehead atoms. The molecule has 4 heteroatoms. The summed E-state index contributed by atoms with van der Waals surface area (Å²) in [6.07, 6.45) is -0.845. The number of rotatable bonds is 4. The predicted octanol–water partition coefficient (Wildman–Crippen LogP) is 2.64. The van der Waals surface area contributed by atoms with Crippen LogP contribution in [0.4, 0.5) is 4.39 Å². The normalized spacial score (nSPS) is 12.1. The van der Waals surface area contributed by atoms with E-state index in [1.54, 1.807) is 12.1 Å². The highest BCUT2D eigenvalue weighted by Gasteiger charge is 2.09. The third-order valence-electron chi connectivity index (χ3n) is 2.48. The molecular weight excluding hydrogens is 235 g/mol. The molecule has 0 amide bonds. The van der Waals surface area contributed by atoms with Gasteiger partial charge in [0.1, 0.15) is 30.0 Å². The van der Waals surface area contributed by atoms with Crippen LogP contribution in [0.3, 0.4) is 0 Å². The highest BCUT2D eigenvalue weighted by Crippen LogP contribution is 2.19. The van der Waals surface area contributed by atoms with Crippen LogP contribution in [-0.2, 0) is 0 Å². The molecule has 0 aromatic heterocycles. The van der Waals surface area contributed by atoms with Crippen LogP contribution in [0.2, 0.25) is 0 Å². The first-order chi connectivity index (χ1) is 8.65. The summed E-state index contributed by atoms with van der Waals surface area (Å²) in [5, 5.41) is 19.1. The Bertz CT molecular complexity index is 511. The quantitative estimate of drug-likeness (QED) is 0.874. The van der Waals surface area contributed by atoms with E-state index in [-0.39, 0.29) is 18.2 Å². The first kappa shape index (κ1) is 12.4. The minimum atomic E-state index is -0.845. The van der Waals surface area contributed by atoms with Crippen molar-refractivity contribution in [3.8, 4) is 11.5 Å². The zero-order valence-corrected chi connectivity index (χ0v) is 9.58. The third-order valence-corrected chi connectivity index (χ3v) is 2.48. The van der Waals surface area contributed by atoms with Gasteiger partial charge in [-0.3, -0.25) is 0 Å². The number of aromatic hydroxyl groups is 1. The number of hydrogen-bond donors (Lipinski definition) is 2. The van der Waals surface area contributed by atoms with Gasteiger partial charge in [0.25, 0.3) is 0 Å². The van der Waals surface area contributed by atoms with E-state index in [1.807, 2.05) is 0 Å². The van der Waals surface area contributed by atoms with E-state index in [0.29, 0.717) is 11.3 Å². The highest BCUT2D eigenvalue weighted by molar-refractivity contribution is 5.29. The summed E-state index contributed by atoms with van der Waals surface area (Å²) in [4.78, 5) is 0. The molecule has 0 saturated carbocycles. The fraction of sp³-hybridized carbons (Fsp3) is 0.143. The van der Waals surface area contributed by atoms with Crippen LogP contribution in [0.25, 0.3) is 0 Å². The van der Waals surface area contributed by atoms with Gasteiger partial charge in [0, 0.05) is 0 Å². The van der Waals surface area contributed by atoms with Crippen LogP contribution in [0.5, 0.6) is 11.5 Å². The standard InChI is InChI=1S/C14H13FO3/c15-11-4-6-13(7-5-11)18-9-14(17)10-2-1-3-12(16)8-10/h1-8,14,16-17H,9H2. The summed E-state index contributed by atoms with van der Waals surface area (Å²) >= 11 is 0. The van der Waals surface area contributed by atoms with Crippen LogP contribution in [-0.4, -0.2) is 16.8 Å². The summed E-state index contributed by atoms with van der Waals surface area (Å²) < 4.78 is 18.0. The molecule has 2 rings (SSSR count). The van der Waals surface area contributed by atoms with Crippen molar-refractivity contribution in [3.63, 3.8) is 0 Å². The number of benzene rings is 2. The Hall–Kier alpha value is -2.07. The van der Waals surface area contributed by atoms with E-state index < -0.39 is 6.10 Å². The Morgan fingerprint density at radius 3 is 2.50 bits per heavy atom. The predicted molar refractivity (Wildman–Crippen MR) is 65.0 cm³/mol. The second-order valence-electron chi connectivity index (χ2n) is 3.88. The summed E-state index contributed by atoms with van der Waals surface area (Å²) in [7, 11) is 0. The summed E-state index contributed by atoms with van der Waals surface area (Å²) in [5.41, 5.74) is 0.567. The maximum Gasteiger partial charge on any atom is 0.123 e. The van der Waals surface area contributed by atoms with Crippen molar-refractivity contribution in [2.75, 3.05) is 6.61 Å². The van der Waals surface area contributed by atoms with E-state index >= 15 is 0 Å². The van der Waals surface area contributed by atoms with Gasteiger partial charge >= 0.3 is 0 Å². The smallest absolute Gasteiger partial charge is 0.123 e. The molecule has 94 valence electrons.